The van der Waals surface area contributed by atoms with Gasteiger partial charge in [-0.05, 0) is 24.3 Å². The van der Waals surface area contributed by atoms with E-state index in [1.54, 1.807) is 24.0 Å². The first-order valence-electron chi connectivity index (χ1n) is 5.80. The minimum atomic E-state index is -3.84. The Hall–Kier alpha value is -1.90. The number of nitrogens with one attached hydrogen (secondary N) is 1. The van der Waals surface area contributed by atoms with Gasteiger partial charge in [0.2, 0.25) is 10.0 Å². The van der Waals surface area contributed by atoms with Crippen molar-refractivity contribution in [1.29, 1.82) is 0 Å². The van der Waals surface area contributed by atoms with E-state index in [4.69, 9.17) is 16.7 Å². The molecule has 0 saturated heterocycles. The van der Waals surface area contributed by atoms with E-state index in [9.17, 15) is 13.2 Å². The highest BCUT2D eigenvalue weighted by Gasteiger charge is 2.18. The highest BCUT2D eigenvalue weighted by Crippen LogP contribution is 2.20. The molecule has 0 aliphatic carbocycles. The lowest BCUT2D eigenvalue weighted by atomic mass is 10.2. The van der Waals surface area contributed by atoms with Crippen LogP contribution in [0.4, 0.5) is 0 Å². The summed E-state index contributed by atoms with van der Waals surface area (Å²) >= 11 is 5.71. The third-order valence-electron chi connectivity index (χ3n) is 2.69. The van der Waals surface area contributed by atoms with Gasteiger partial charge in [0, 0.05) is 13.2 Å². The lowest BCUT2D eigenvalue weighted by molar-refractivity contribution is 0.0697. The number of aromatic carboxylic acids is 1. The van der Waals surface area contributed by atoms with E-state index in [0.717, 1.165) is 6.07 Å². The van der Waals surface area contributed by atoms with Crippen LogP contribution in [-0.2, 0) is 23.6 Å². The first-order valence-corrected chi connectivity index (χ1v) is 7.67. The van der Waals surface area contributed by atoms with E-state index in [1.165, 1.54) is 12.1 Å². The van der Waals surface area contributed by atoms with Crippen LogP contribution >= 0.6 is 11.6 Å². The van der Waals surface area contributed by atoms with Crippen LogP contribution in [0.3, 0.4) is 0 Å². The molecule has 1 aromatic heterocycles. The maximum absolute atomic E-state index is 12.1. The van der Waals surface area contributed by atoms with Crippen LogP contribution in [-0.4, -0.2) is 29.3 Å². The molecular formula is C12H12ClN3O4S. The van der Waals surface area contributed by atoms with Crippen LogP contribution in [0.5, 0.6) is 0 Å². The topological polar surface area (TPSA) is 101 Å². The number of carbonyl (C=O) groups is 1. The zero-order valence-corrected chi connectivity index (χ0v) is 12.5. The predicted molar refractivity (Wildman–Crippen MR) is 75.6 cm³/mol. The third-order valence-corrected chi connectivity index (χ3v) is 4.42. The Kier molecular flexibility index (Phi) is 4.31. The van der Waals surface area contributed by atoms with Gasteiger partial charge in [-0.15, -0.1) is 0 Å². The van der Waals surface area contributed by atoms with Crippen molar-refractivity contribution < 1.29 is 18.3 Å². The highest BCUT2D eigenvalue weighted by atomic mass is 35.5. The summed E-state index contributed by atoms with van der Waals surface area (Å²) in [4.78, 5) is 10.8. The quantitative estimate of drug-likeness (QED) is 0.859. The van der Waals surface area contributed by atoms with E-state index in [0.29, 0.717) is 5.69 Å². The number of benzene rings is 1. The zero-order chi connectivity index (χ0) is 15.6. The second kappa shape index (κ2) is 5.84. The molecule has 2 aromatic rings. The molecule has 7 nitrogen and oxygen atoms in total. The maximum atomic E-state index is 12.1. The smallest absolute Gasteiger partial charge is 0.337 e. The maximum Gasteiger partial charge on any atom is 0.337 e. The Bertz CT molecular complexity index is 786. The summed E-state index contributed by atoms with van der Waals surface area (Å²) in [5.41, 5.74) is 0.283. The van der Waals surface area contributed by atoms with Crippen molar-refractivity contribution >= 4 is 27.6 Å². The van der Waals surface area contributed by atoms with Crippen molar-refractivity contribution in [3.8, 4) is 0 Å². The number of nitrogens with zero attached hydrogens (tertiary/aromatic N) is 2. The molecule has 0 unspecified atom stereocenters. The van der Waals surface area contributed by atoms with E-state index < -0.39 is 16.0 Å². The molecule has 2 N–H and O–H groups in total. The first kappa shape index (κ1) is 15.5. The number of halogens is 1. The minimum Gasteiger partial charge on any atom is -0.478 e. The van der Waals surface area contributed by atoms with Gasteiger partial charge in [0.25, 0.3) is 0 Å². The van der Waals surface area contributed by atoms with E-state index in [-0.39, 0.29) is 22.0 Å². The van der Waals surface area contributed by atoms with E-state index >= 15 is 0 Å². The number of sulfonamides is 1. The Morgan fingerprint density at radius 2 is 2.14 bits per heavy atom. The Morgan fingerprint density at radius 1 is 1.43 bits per heavy atom. The lowest BCUT2D eigenvalue weighted by Crippen LogP contribution is -2.23. The summed E-state index contributed by atoms with van der Waals surface area (Å²) < 4.78 is 28.1. The van der Waals surface area contributed by atoms with Crippen molar-refractivity contribution in [3.63, 3.8) is 0 Å². The number of carboxylic acids is 1. The van der Waals surface area contributed by atoms with Crippen molar-refractivity contribution in [2.45, 2.75) is 11.4 Å². The molecule has 0 fully saturated rings. The van der Waals surface area contributed by atoms with E-state index in [2.05, 4.69) is 9.82 Å². The van der Waals surface area contributed by atoms with Crippen LogP contribution < -0.4 is 4.72 Å². The van der Waals surface area contributed by atoms with Crippen molar-refractivity contribution in [2.75, 3.05) is 0 Å². The molecule has 0 radical (unpaired) electrons. The van der Waals surface area contributed by atoms with Gasteiger partial charge in [-0.1, -0.05) is 11.6 Å². The number of rotatable bonds is 5. The Labute approximate surface area is 126 Å². The molecule has 2 rings (SSSR count). The summed E-state index contributed by atoms with van der Waals surface area (Å²) in [5, 5.41) is 13.0. The fourth-order valence-corrected chi connectivity index (χ4v) is 2.87. The standard InChI is InChI=1S/C12H12ClN3O4S/c1-16-5-4-8(15-16)7-14-21(19,20)9-2-3-11(13)10(6-9)12(17)18/h2-6,14H,7H2,1H3,(H,17,18). The average Bonchev–Trinajstić information content (AvgIpc) is 2.82. The van der Waals surface area contributed by atoms with Gasteiger partial charge in [-0.3, -0.25) is 4.68 Å². The third kappa shape index (κ3) is 3.60. The first-order chi connectivity index (χ1) is 9.79. The van der Waals surface area contributed by atoms with Crippen molar-refractivity contribution in [1.82, 2.24) is 14.5 Å². The molecule has 9 heteroatoms. The van der Waals surface area contributed by atoms with Crippen LogP contribution in [0.1, 0.15) is 16.1 Å². The van der Waals surface area contributed by atoms with Gasteiger partial charge in [-0.2, -0.15) is 5.10 Å². The van der Waals surface area contributed by atoms with Gasteiger partial charge in [0.1, 0.15) is 0 Å². The summed E-state index contributed by atoms with van der Waals surface area (Å²) in [6.45, 7) is 0.00814. The summed E-state index contributed by atoms with van der Waals surface area (Å²) in [6, 6.07) is 5.17. The monoisotopic (exact) mass is 329 g/mol. The normalized spacial score (nSPS) is 11.5. The van der Waals surface area contributed by atoms with Crippen LogP contribution in [0.15, 0.2) is 35.4 Å². The fraction of sp³-hybridized carbons (Fsp3) is 0.167. The lowest BCUT2D eigenvalue weighted by Gasteiger charge is -2.07. The molecule has 0 saturated carbocycles. The fourth-order valence-electron chi connectivity index (χ4n) is 1.65. The van der Waals surface area contributed by atoms with E-state index in [1.807, 2.05) is 0 Å². The molecule has 0 aliphatic rings. The highest BCUT2D eigenvalue weighted by molar-refractivity contribution is 7.89. The van der Waals surface area contributed by atoms with Crippen LogP contribution in [0.2, 0.25) is 5.02 Å². The molecule has 1 heterocycles. The molecule has 0 amide bonds. The Balaban J connectivity index is 2.23. The summed E-state index contributed by atoms with van der Waals surface area (Å²) in [6.07, 6.45) is 1.69. The largest absolute Gasteiger partial charge is 0.478 e. The molecule has 21 heavy (non-hydrogen) atoms. The van der Waals surface area contributed by atoms with Gasteiger partial charge < -0.3 is 5.11 Å². The SMILES string of the molecule is Cn1ccc(CNS(=O)(=O)c2ccc(Cl)c(C(=O)O)c2)n1. The number of aromatic nitrogens is 2. The van der Waals surface area contributed by atoms with Gasteiger partial charge in [0.15, 0.2) is 0 Å². The molecule has 1 aromatic carbocycles. The number of aryl methyl sites for hydroxylation is 1. The molecule has 112 valence electrons. The molecule has 0 aliphatic heterocycles. The molecule has 0 bridgehead atoms. The molecule has 0 atom stereocenters. The summed E-state index contributed by atoms with van der Waals surface area (Å²) in [5.74, 6) is -1.29. The van der Waals surface area contributed by atoms with Crippen molar-refractivity contribution in [3.05, 3.63) is 46.7 Å². The second-order valence-corrected chi connectivity index (χ2v) is 6.43. The number of hydrogen-bond acceptors (Lipinski definition) is 4. The summed E-state index contributed by atoms with van der Waals surface area (Å²) in [7, 11) is -2.12. The van der Waals surface area contributed by atoms with Crippen LogP contribution in [0.25, 0.3) is 0 Å². The van der Waals surface area contributed by atoms with Gasteiger partial charge >= 0.3 is 5.97 Å². The Morgan fingerprint density at radius 3 is 2.71 bits per heavy atom. The zero-order valence-electron chi connectivity index (χ0n) is 10.9. The minimum absolute atomic E-state index is 0.00814. The van der Waals surface area contributed by atoms with Crippen molar-refractivity contribution in [2.24, 2.45) is 7.05 Å². The van der Waals surface area contributed by atoms with Gasteiger partial charge in [0.05, 0.1) is 27.7 Å². The number of carboxylic acid groups (broad SMARTS) is 1. The molecule has 0 spiro atoms. The second-order valence-electron chi connectivity index (χ2n) is 4.25. The van der Waals surface area contributed by atoms with Gasteiger partial charge in [-0.25, -0.2) is 17.9 Å². The number of hydrogen-bond donors (Lipinski definition) is 2. The molecular weight excluding hydrogens is 318 g/mol. The predicted octanol–water partition coefficient (Wildman–Crippen LogP) is 1.25. The van der Waals surface area contributed by atoms with Crippen LogP contribution in [0, 0.1) is 0 Å². The average molecular weight is 330 g/mol.